The fraction of sp³-hybridized carbons (Fsp3) is 0.500. The van der Waals surface area contributed by atoms with E-state index in [1.165, 1.54) is 43.3 Å². The van der Waals surface area contributed by atoms with E-state index in [4.69, 9.17) is 0 Å². The lowest BCUT2D eigenvalue weighted by Gasteiger charge is -2.05. The number of nitrogens with zero attached hydrogens (tertiary/aromatic N) is 2. The Kier molecular flexibility index (Phi) is 3.97. The van der Waals surface area contributed by atoms with Crippen molar-refractivity contribution in [2.45, 2.75) is 45.4 Å². The average molecular weight is 216 g/mol. The summed E-state index contributed by atoms with van der Waals surface area (Å²) in [7, 11) is 0. The first-order chi connectivity index (χ1) is 7.92. The molecule has 2 heteroatoms. The van der Waals surface area contributed by atoms with Crippen LogP contribution in [-0.4, -0.2) is 9.38 Å². The van der Waals surface area contributed by atoms with Gasteiger partial charge in [-0.05, 0) is 25.0 Å². The lowest BCUT2D eigenvalue weighted by Crippen LogP contribution is -1.95. The molecule has 2 nitrogen and oxygen atoms in total. The van der Waals surface area contributed by atoms with Crippen LogP contribution < -0.4 is 0 Å². The molecule has 2 aromatic rings. The van der Waals surface area contributed by atoms with Crippen LogP contribution >= 0.6 is 0 Å². The van der Waals surface area contributed by atoms with Crippen LogP contribution in [0.3, 0.4) is 0 Å². The zero-order valence-corrected chi connectivity index (χ0v) is 10.0. The molecular weight excluding hydrogens is 196 g/mol. The Morgan fingerprint density at radius 3 is 2.88 bits per heavy atom. The van der Waals surface area contributed by atoms with Crippen LogP contribution in [-0.2, 0) is 6.42 Å². The number of imidazole rings is 1. The minimum absolute atomic E-state index is 1.16. The fourth-order valence-corrected chi connectivity index (χ4v) is 2.12. The summed E-state index contributed by atoms with van der Waals surface area (Å²) in [4.78, 5) is 4.18. The highest BCUT2D eigenvalue weighted by molar-refractivity contribution is 5.45. The van der Waals surface area contributed by atoms with Crippen molar-refractivity contribution in [3.05, 3.63) is 36.4 Å². The number of unbranched alkanes of at least 4 members (excludes halogenated alkanes) is 4. The van der Waals surface area contributed by atoms with Crippen molar-refractivity contribution in [2.24, 2.45) is 0 Å². The normalized spacial score (nSPS) is 11.1. The van der Waals surface area contributed by atoms with Crippen LogP contribution in [0.4, 0.5) is 0 Å². The third-order valence-electron chi connectivity index (χ3n) is 3.07. The molecule has 0 aliphatic carbocycles. The number of pyridine rings is 1. The quantitative estimate of drug-likeness (QED) is 0.670. The minimum atomic E-state index is 1.16. The maximum atomic E-state index is 4.18. The van der Waals surface area contributed by atoms with Crippen LogP contribution in [0.1, 0.15) is 44.7 Å². The molecule has 0 aromatic carbocycles. The second kappa shape index (κ2) is 5.69. The second-order valence-corrected chi connectivity index (χ2v) is 4.37. The summed E-state index contributed by atoms with van der Waals surface area (Å²) >= 11 is 0. The zero-order chi connectivity index (χ0) is 11.2. The van der Waals surface area contributed by atoms with Gasteiger partial charge in [-0.25, -0.2) is 4.98 Å². The van der Waals surface area contributed by atoms with Gasteiger partial charge in [0.05, 0.1) is 18.0 Å². The molecule has 2 heterocycles. The molecule has 0 N–H and O–H groups in total. The van der Waals surface area contributed by atoms with Crippen molar-refractivity contribution in [3.8, 4) is 0 Å². The van der Waals surface area contributed by atoms with Crippen LogP contribution in [0, 0.1) is 0 Å². The summed E-state index contributed by atoms with van der Waals surface area (Å²) in [6, 6.07) is 6.43. The molecule has 86 valence electrons. The van der Waals surface area contributed by atoms with E-state index < -0.39 is 0 Å². The lowest BCUT2D eigenvalue weighted by atomic mass is 10.1. The minimum Gasteiger partial charge on any atom is -0.303 e. The van der Waals surface area contributed by atoms with Gasteiger partial charge in [0.15, 0.2) is 0 Å². The van der Waals surface area contributed by atoms with Gasteiger partial charge in [-0.3, -0.25) is 0 Å². The predicted molar refractivity (Wildman–Crippen MR) is 67.7 cm³/mol. The molecule has 0 bridgehead atoms. The lowest BCUT2D eigenvalue weighted by molar-refractivity contribution is 0.626. The molecule has 0 aliphatic rings. The highest BCUT2D eigenvalue weighted by Crippen LogP contribution is 2.11. The third-order valence-corrected chi connectivity index (χ3v) is 3.07. The molecule has 0 atom stereocenters. The average Bonchev–Trinajstić information content (AvgIpc) is 2.77. The Morgan fingerprint density at radius 1 is 1.12 bits per heavy atom. The molecule has 0 saturated heterocycles. The highest BCUT2D eigenvalue weighted by Gasteiger charge is 1.99. The van der Waals surface area contributed by atoms with E-state index in [0.29, 0.717) is 0 Å². The largest absolute Gasteiger partial charge is 0.303 e. The third kappa shape index (κ3) is 2.63. The Bertz CT molecular complexity index is 431. The highest BCUT2D eigenvalue weighted by atomic mass is 15.0. The number of rotatable bonds is 6. The summed E-state index contributed by atoms with van der Waals surface area (Å²) < 4.78 is 2.19. The van der Waals surface area contributed by atoms with E-state index in [2.05, 4.69) is 34.5 Å². The molecule has 0 amide bonds. The van der Waals surface area contributed by atoms with E-state index in [0.717, 1.165) is 6.42 Å². The van der Waals surface area contributed by atoms with Gasteiger partial charge in [0.2, 0.25) is 0 Å². The smallest absolute Gasteiger partial charge is 0.0994 e. The van der Waals surface area contributed by atoms with E-state index in [1.54, 1.807) is 0 Å². The maximum absolute atomic E-state index is 4.18. The van der Waals surface area contributed by atoms with Gasteiger partial charge < -0.3 is 4.40 Å². The Morgan fingerprint density at radius 2 is 2.00 bits per heavy atom. The van der Waals surface area contributed by atoms with Crippen molar-refractivity contribution in [3.63, 3.8) is 0 Å². The van der Waals surface area contributed by atoms with Crippen molar-refractivity contribution in [2.75, 3.05) is 0 Å². The van der Waals surface area contributed by atoms with Gasteiger partial charge in [-0.15, -0.1) is 0 Å². The summed E-state index contributed by atoms with van der Waals surface area (Å²) in [5, 5.41) is 0. The number of fused-ring (bicyclic) bond motifs is 1. The van der Waals surface area contributed by atoms with Crippen LogP contribution in [0.25, 0.3) is 5.52 Å². The fourth-order valence-electron chi connectivity index (χ4n) is 2.12. The van der Waals surface area contributed by atoms with Crippen molar-refractivity contribution >= 4 is 5.52 Å². The molecule has 2 aromatic heterocycles. The molecule has 2 rings (SSSR count). The van der Waals surface area contributed by atoms with Crippen LogP contribution in [0.15, 0.2) is 30.7 Å². The Hall–Kier alpha value is -1.31. The van der Waals surface area contributed by atoms with Gasteiger partial charge in [0.25, 0.3) is 0 Å². The standard InChI is InChI=1S/C14H20N2/c1-2-3-4-5-6-8-13-9-7-10-14-11-15-12-16(13)14/h7,9-12H,2-6,8H2,1H3. The molecule has 0 unspecified atom stereocenters. The summed E-state index contributed by atoms with van der Waals surface area (Å²) in [6.45, 7) is 2.26. The summed E-state index contributed by atoms with van der Waals surface area (Å²) in [6.07, 6.45) is 11.7. The van der Waals surface area contributed by atoms with E-state index in [-0.39, 0.29) is 0 Å². The van der Waals surface area contributed by atoms with Gasteiger partial charge >= 0.3 is 0 Å². The Balaban J connectivity index is 1.91. The second-order valence-electron chi connectivity index (χ2n) is 4.37. The maximum Gasteiger partial charge on any atom is 0.0994 e. The first kappa shape index (κ1) is 11.2. The molecule has 16 heavy (non-hydrogen) atoms. The molecule has 0 aliphatic heterocycles. The number of aryl methyl sites for hydroxylation is 1. The van der Waals surface area contributed by atoms with E-state index in [1.807, 2.05) is 12.5 Å². The number of hydrogen-bond donors (Lipinski definition) is 0. The van der Waals surface area contributed by atoms with E-state index in [9.17, 15) is 0 Å². The van der Waals surface area contributed by atoms with E-state index >= 15 is 0 Å². The predicted octanol–water partition coefficient (Wildman–Crippen LogP) is 3.85. The molecule has 0 radical (unpaired) electrons. The first-order valence-electron chi connectivity index (χ1n) is 6.32. The SMILES string of the molecule is CCCCCCCc1cccc2cncn12. The van der Waals surface area contributed by atoms with Gasteiger partial charge in [-0.2, -0.15) is 0 Å². The van der Waals surface area contributed by atoms with Crippen molar-refractivity contribution in [1.29, 1.82) is 0 Å². The zero-order valence-electron chi connectivity index (χ0n) is 10.0. The molecule has 0 fully saturated rings. The molecule has 0 saturated carbocycles. The monoisotopic (exact) mass is 216 g/mol. The van der Waals surface area contributed by atoms with Gasteiger partial charge in [0, 0.05) is 5.69 Å². The Labute approximate surface area is 97.3 Å². The summed E-state index contributed by atoms with van der Waals surface area (Å²) in [5.74, 6) is 0. The van der Waals surface area contributed by atoms with Crippen molar-refractivity contribution < 1.29 is 0 Å². The van der Waals surface area contributed by atoms with Crippen LogP contribution in [0.2, 0.25) is 0 Å². The summed E-state index contributed by atoms with van der Waals surface area (Å²) in [5.41, 5.74) is 2.58. The van der Waals surface area contributed by atoms with Crippen molar-refractivity contribution in [1.82, 2.24) is 9.38 Å². The molecule has 0 spiro atoms. The van der Waals surface area contributed by atoms with Gasteiger partial charge in [0.1, 0.15) is 0 Å². The topological polar surface area (TPSA) is 17.3 Å². The number of hydrogen-bond acceptors (Lipinski definition) is 1. The molecular formula is C14H20N2. The number of aromatic nitrogens is 2. The first-order valence-corrected chi connectivity index (χ1v) is 6.32. The van der Waals surface area contributed by atoms with Gasteiger partial charge in [-0.1, -0.05) is 38.7 Å². The van der Waals surface area contributed by atoms with Crippen LogP contribution in [0.5, 0.6) is 0 Å².